The quantitative estimate of drug-likeness (QED) is 0.405. The maximum Gasteiger partial charge on any atom is 0.178 e. The van der Waals surface area contributed by atoms with E-state index < -0.39 is 10.8 Å². The molecule has 0 amide bonds. The first-order valence-electron chi connectivity index (χ1n) is 13.7. The fourth-order valence-corrected chi connectivity index (χ4v) is 10.3. The molecule has 7 atom stereocenters. The molecule has 0 aromatic carbocycles. The van der Waals surface area contributed by atoms with Crippen molar-refractivity contribution in [2.45, 2.75) is 92.4 Å². The van der Waals surface area contributed by atoms with E-state index in [1.54, 1.807) is 0 Å². The van der Waals surface area contributed by atoms with Crippen LogP contribution in [-0.4, -0.2) is 11.6 Å². The van der Waals surface area contributed by atoms with Crippen molar-refractivity contribution in [2.24, 2.45) is 50.2 Å². The summed E-state index contributed by atoms with van der Waals surface area (Å²) in [5, 5.41) is 20.2. The van der Waals surface area contributed by atoms with Crippen LogP contribution in [0, 0.1) is 72.9 Å². The zero-order valence-corrected chi connectivity index (χ0v) is 22.0. The molecule has 35 heavy (non-hydrogen) atoms. The Labute approximate surface area is 209 Å². The van der Waals surface area contributed by atoms with Crippen molar-refractivity contribution in [3.05, 3.63) is 23.3 Å². The topological polar surface area (TPSA) is 81.7 Å². The molecule has 0 aliphatic heterocycles. The summed E-state index contributed by atoms with van der Waals surface area (Å²) < 4.78 is 0. The molecule has 0 bridgehead atoms. The van der Waals surface area contributed by atoms with Crippen molar-refractivity contribution >= 4 is 11.6 Å². The summed E-state index contributed by atoms with van der Waals surface area (Å²) in [4.78, 5) is 27.4. The molecule has 6 rings (SSSR count). The molecule has 0 aromatic rings. The standard InChI is InChI=1S/C31H38N2O2/c1-26(2)22-6-7-28(4)23(27(22,3)15-19(17-32)25(26)35)14-21(34)24-20-16-30(9-10-30)11-13-31(20,18-33)12-8-29(24,28)5/h14-15,20,22,24H,6-13,16H2,1-5H3/t20-,22-,24-,27-,28+,29+,31-/m0/s1. The lowest BCUT2D eigenvalue weighted by atomic mass is 9.34. The average molecular weight is 471 g/mol. The van der Waals surface area contributed by atoms with E-state index in [2.05, 4.69) is 32.9 Å². The maximum atomic E-state index is 14.2. The fraction of sp³-hybridized carbons (Fsp3) is 0.742. The highest BCUT2D eigenvalue weighted by Gasteiger charge is 2.70. The molecule has 0 saturated heterocycles. The molecular weight excluding hydrogens is 432 g/mol. The van der Waals surface area contributed by atoms with Crippen LogP contribution in [0.3, 0.4) is 0 Å². The van der Waals surface area contributed by atoms with Crippen LogP contribution in [0.4, 0.5) is 0 Å². The lowest BCUT2D eigenvalue weighted by Gasteiger charge is -2.68. The minimum atomic E-state index is -0.637. The first-order chi connectivity index (χ1) is 16.3. The Morgan fingerprint density at radius 1 is 0.914 bits per heavy atom. The van der Waals surface area contributed by atoms with Crippen molar-refractivity contribution in [1.82, 2.24) is 0 Å². The molecule has 0 heterocycles. The average Bonchev–Trinajstić information content (AvgIpc) is 3.57. The van der Waals surface area contributed by atoms with Crippen LogP contribution in [0.2, 0.25) is 0 Å². The summed E-state index contributed by atoms with van der Waals surface area (Å²) in [5.41, 5.74) is -0.129. The zero-order valence-electron chi connectivity index (χ0n) is 22.0. The highest BCUT2D eigenvalue weighted by Crippen LogP contribution is 2.75. The Balaban J connectivity index is 1.53. The molecule has 4 nitrogen and oxygen atoms in total. The van der Waals surface area contributed by atoms with Gasteiger partial charge < -0.3 is 0 Å². The number of ketones is 2. The van der Waals surface area contributed by atoms with Gasteiger partial charge in [0, 0.05) is 16.7 Å². The van der Waals surface area contributed by atoms with Gasteiger partial charge in [-0.25, -0.2) is 0 Å². The molecule has 4 saturated carbocycles. The summed E-state index contributed by atoms with van der Waals surface area (Å²) in [6.07, 6.45) is 13.1. The number of carbonyl (C=O) groups excluding carboxylic acids is 2. The van der Waals surface area contributed by atoms with Gasteiger partial charge in [0.15, 0.2) is 11.6 Å². The monoisotopic (exact) mass is 470 g/mol. The summed E-state index contributed by atoms with van der Waals surface area (Å²) in [6.45, 7) is 10.8. The zero-order chi connectivity index (χ0) is 25.2. The summed E-state index contributed by atoms with van der Waals surface area (Å²) in [5.74, 6) is 0.236. The van der Waals surface area contributed by atoms with Gasteiger partial charge in [-0.2, -0.15) is 10.5 Å². The highest BCUT2D eigenvalue weighted by atomic mass is 16.1. The van der Waals surface area contributed by atoms with E-state index in [9.17, 15) is 20.1 Å². The normalized spacial score (nSPS) is 48.7. The van der Waals surface area contributed by atoms with Crippen LogP contribution in [0.5, 0.6) is 0 Å². The minimum Gasteiger partial charge on any atom is -0.295 e. The van der Waals surface area contributed by atoms with Crippen LogP contribution < -0.4 is 0 Å². The lowest BCUT2D eigenvalue weighted by molar-refractivity contribution is -0.160. The van der Waals surface area contributed by atoms with Crippen LogP contribution in [0.1, 0.15) is 92.4 Å². The van der Waals surface area contributed by atoms with Gasteiger partial charge in [-0.15, -0.1) is 0 Å². The maximum absolute atomic E-state index is 14.2. The number of fused-ring (bicyclic) bond motifs is 7. The van der Waals surface area contributed by atoms with E-state index >= 15 is 0 Å². The number of nitrogens with zero attached hydrogens (tertiary/aromatic N) is 2. The Kier molecular flexibility index (Phi) is 4.35. The van der Waals surface area contributed by atoms with E-state index in [1.807, 2.05) is 26.0 Å². The summed E-state index contributed by atoms with van der Waals surface area (Å²) in [6, 6.07) is 4.95. The summed E-state index contributed by atoms with van der Waals surface area (Å²) >= 11 is 0. The van der Waals surface area contributed by atoms with Crippen molar-refractivity contribution in [1.29, 1.82) is 10.5 Å². The number of Topliss-reactive ketones (excluding diaryl/α,β-unsaturated/α-hetero) is 1. The SMILES string of the molecule is CC1(C)C(=O)C(C#N)=C[C@]2(C)C3=CC(=O)[C@@H]4[C@@H]5CC6(CC6)CC[C@]5(C#N)CC[C@@]4(C)[C@]3(C)CC[C@@H]12. The third-order valence-electron chi connectivity index (χ3n) is 12.8. The number of nitriles is 2. The largest absolute Gasteiger partial charge is 0.295 e. The van der Waals surface area contributed by atoms with Crippen LogP contribution >= 0.6 is 0 Å². The number of hydrogen-bond acceptors (Lipinski definition) is 4. The molecule has 0 aromatic heterocycles. The molecule has 184 valence electrons. The van der Waals surface area contributed by atoms with Crippen molar-refractivity contribution in [2.75, 3.05) is 0 Å². The van der Waals surface area contributed by atoms with Gasteiger partial charge in [0.25, 0.3) is 0 Å². The molecule has 6 aliphatic carbocycles. The molecule has 6 aliphatic rings. The minimum absolute atomic E-state index is 0.0636. The van der Waals surface area contributed by atoms with E-state index in [4.69, 9.17) is 0 Å². The van der Waals surface area contributed by atoms with Gasteiger partial charge in [0.1, 0.15) is 6.07 Å². The molecular formula is C31H38N2O2. The predicted molar refractivity (Wildman–Crippen MR) is 132 cm³/mol. The Morgan fingerprint density at radius 2 is 1.57 bits per heavy atom. The fourth-order valence-electron chi connectivity index (χ4n) is 10.3. The van der Waals surface area contributed by atoms with Gasteiger partial charge >= 0.3 is 0 Å². The van der Waals surface area contributed by atoms with Crippen LogP contribution in [0.15, 0.2) is 23.3 Å². The van der Waals surface area contributed by atoms with Crippen molar-refractivity contribution in [3.8, 4) is 12.1 Å². The lowest BCUT2D eigenvalue weighted by Crippen LogP contribution is -2.64. The van der Waals surface area contributed by atoms with Gasteiger partial charge in [-0.1, -0.05) is 46.3 Å². The predicted octanol–water partition coefficient (Wildman–Crippen LogP) is 6.48. The molecule has 4 fully saturated rings. The Hall–Kier alpha value is -2.20. The molecule has 0 N–H and O–H groups in total. The third-order valence-corrected chi connectivity index (χ3v) is 12.8. The van der Waals surface area contributed by atoms with E-state index in [-0.39, 0.29) is 51.1 Å². The second-order valence-electron chi connectivity index (χ2n) is 14.4. The second kappa shape index (κ2) is 6.56. The van der Waals surface area contributed by atoms with E-state index in [0.29, 0.717) is 5.41 Å². The first-order valence-corrected chi connectivity index (χ1v) is 13.7. The Bertz CT molecular complexity index is 1210. The van der Waals surface area contributed by atoms with Crippen LogP contribution in [0.25, 0.3) is 0 Å². The smallest absolute Gasteiger partial charge is 0.178 e. The Morgan fingerprint density at radius 3 is 2.20 bits per heavy atom. The van der Waals surface area contributed by atoms with E-state index in [1.165, 1.54) is 12.8 Å². The van der Waals surface area contributed by atoms with Gasteiger partial charge in [0.2, 0.25) is 0 Å². The van der Waals surface area contributed by atoms with Gasteiger partial charge in [-0.05, 0) is 91.9 Å². The second-order valence-corrected chi connectivity index (χ2v) is 14.4. The number of rotatable bonds is 0. The molecule has 0 radical (unpaired) electrons. The molecule has 0 unspecified atom stereocenters. The van der Waals surface area contributed by atoms with Crippen molar-refractivity contribution < 1.29 is 9.59 Å². The summed E-state index contributed by atoms with van der Waals surface area (Å²) in [7, 11) is 0. The van der Waals surface area contributed by atoms with Crippen molar-refractivity contribution in [3.63, 3.8) is 0 Å². The van der Waals surface area contributed by atoms with Gasteiger partial charge in [-0.3, -0.25) is 9.59 Å². The molecule has 1 spiro atoms. The van der Waals surface area contributed by atoms with E-state index in [0.717, 1.165) is 50.5 Å². The van der Waals surface area contributed by atoms with Crippen LogP contribution in [-0.2, 0) is 9.59 Å². The number of hydrogen-bond donors (Lipinski definition) is 0. The molecule has 4 heteroatoms. The van der Waals surface area contributed by atoms with Gasteiger partial charge in [0.05, 0.1) is 17.1 Å². The number of allylic oxidation sites excluding steroid dienone is 4. The number of carbonyl (C=O) groups is 2. The third kappa shape index (κ3) is 2.57. The highest BCUT2D eigenvalue weighted by molar-refractivity contribution is 6.04. The first kappa shape index (κ1) is 23.2.